The van der Waals surface area contributed by atoms with Crippen LogP contribution >= 0.6 is 0 Å². The Balaban J connectivity index is 1.80. The topological polar surface area (TPSA) is 27.7 Å². The van der Waals surface area contributed by atoms with E-state index in [1.807, 2.05) is 27.7 Å². The summed E-state index contributed by atoms with van der Waals surface area (Å²) in [5.74, 6) is -2.12. The van der Waals surface area contributed by atoms with Crippen molar-refractivity contribution < 1.29 is 27.2 Å². The highest BCUT2D eigenvalue weighted by Crippen LogP contribution is 2.36. The molecule has 3 nitrogen and oxygen atoms in total. The first-order chi connectivity index (χ1) is 12.5. The van der Waals surface area contributed by atoms with E-state index in [1.165, 1.54) is 6.07 Å². The SMILES string of the molecule is Cc1cc(F)c(F)cc1OCc1ccc(F)c(B2OC(C)(C)C(C)(C)O2)c1. The van der Waals surface area contributed by atoms with Gasteiger partial charge in [-0.2, -0.15) is 0 Å². The van der Waals surface area contributed by atoms with E-state index in [4.69, 9.17) is 14.0 Å². The largest absolute Gasteiger partial charge is 0.497 e. The summed E-state index contributed by atoms with van der Waals surface area (Å²) >= 11 is 0. The summed E-state index contributed by atoms with van der Waals surface area (Å²) in [6.45, 7) is 9.26. The van der Waals surface area contributed by atoms with Crippen molar-refractivity contribution >= 4 is 12.6 Å². The van der Waals surface area contributed by atoms with E-state index in [2.05, 4.69) is 0 Å². The summed E-state index contributed by atoms with van der Waals surface area (Å²) in [7, 11) is -0.833. The summed E-state index contributed by atoms with van der Waals surface area (Å²) in [4.78, 5) is 0. The molecule has 1 aliphatic rings. The van der Waals surface area contributed by atoms with Crippen LogP contribution in [0.1, 0.15) is 38.8 Å². The molecule has 0 unspecified atom stereocenters. The summed E-state index contributed by atoms with van der Waals surface area (Å²) in [6, 6.07) is 6.57. The molecule has 1 saturated heterocycles. The van der Waals surface area contributed by atoms with Crippen LogP contribution in [0.5, 0.6) is 5.75 Å². The van der Waals surface area contributed by atoms with Crippen molar-refractivity contribution in [2.45, 2.75) is 52.4 Å². The predicted octanol–water partition coefficient (Wildman–Crippen LogP) is 4.29. The van der Waals surface area contributed by atoms with Gasteiger partial charge in [-0.3, -0.25) is 0 Å². The molecule has 2 aromatic rings. The molecule has 2 aromatic carbocycles. The second-order valence-electron chi connectivity index (χ2n) is 7.76. The van der Waals surface area contributed by atoms with Crippen LogP contribution in [-0.4, -0.2) is 18.3 Å². The second kappa shape index (κ2) is 6.87. The molecule has 7 heteroatoms. The average Bonchev–Trinajstić information content (AvgIpc) is 2.78. The number of benzene rings is 2. The van der Waals surface area contributed by atoms with Gasteiger partial charge in [-0.15, -0.1) is 0 Å². The zero-order chi connectivity index (χ0) is 20.0. The Morgan fingerprint density at radius 3 is 2.11 bits per heavy atom. The normalized spacial score (nSPS) is 18.0. The van der Waals surface area contributed by atoms with Crippen LogP contribution in [0.2, 0.25) is 0 Å². The van der Waals surface area contributed by atoms with Crippen molar-refractivity contribution in [2.75, 3.05) is 0 Å². The van der Waals surface area contributed by atoms with Gasteiger partial charge in [0.15, 0.2) is 11.6 Å². The Hall–Kier alpha value is -1.99. The molecule has 0 aromatic heterocycles. The van der Waals surface area contributed by atoms with E-state index >= 15 is 0 Å². The summed E-state index contributed by atoms with van der Waals surface area (Å²) in [5.41, 5.74) is 0.239. The average molecular weight is 378 g/mol. The zero-order valence-corrected chi connectivity index (χ0v) is 16.0. The van der Waals surface area contributed by atoms with Gasteiger partial charge in [0.05, 0.1) is 11.2 Å². The summed E-state index contributed by atoms with van der Waals surface area (Å²) < 4.78 is 58.4. The van der Waals surface area contributed by atoms with Crippen molar-refractivity contribution in [3.63, 3.8) is 0 Å². The number of halogens is 3. The molecule has 3 rings (SSSR count). The lowest BCUT2D eigenvalue weighted by Gasteiger charge is -2.32. The maximum Gasteiger partial charge on any atom is 0.497 e. The summed E-state index contributed by atoms with van der Waals surface area (Å²) in [6.07, 6.45) is 0. The second-order valence-corrected chi connectivity index (χ2v) is 7.76. The molecule has 1 aliphatic heterocycles. The Labute approximate surface area is 157 Å². The van der Waals surface area contributed by atoms with Gasteiger partial charge < -0.3 is 14.0 Å². The first-order valence-corrected chi connectivity index (χ1v) is 8.72. The molecule has 0 saturated carbocycles. The molecular formula is C20H22BF3O3. The Kier molecular flexibility index (Phi) is 5.03. The van der Waals surface area contributed by atoms with Crippen molar-refractivity contribution in [1.29, 1.82) is 0 Å². The lowest BCUT2D eigenvalue weighted by Crippen LogP contribution is -2.41. The lowest BCUT2D eigenvalue weighted by atomic mass is 9.78. The number of rotatable bonds is 4. The molecule has 0 bridgehead atoms. The third-order valence-electron chi connectivity index (χ3n) is 5.18. The third kappa shape index (κ3) is 3.85. The molecule has 1 heterocycles. The number of hydrogen-bond acceptors (Lipinski definition) is 3. The first-order valence-electron chi connectivity index (χ1n) is 8.72. The van der Waals surface area contributed by atoms with E-state index in [1.54, 1.807) is 19.1 Å². The highest BCUT2D eigenvalue weighted by atomic mass is 19.2. The Morgan fingerprint density at radius 2 is 1.48 bits per heavy atom. The van der Waals surface area contributed by atoms with Crippen molar-refractivity contribution in [1.82, 2.24) is 0 Å². The van der Waals surface area contributed by atoms with Gasteiger partial charge >= 0.3 is 7.12 Å². The van der Waals surface area contributed by atoms with E-state index < -0.39 is 35.8 Å². The highest BCUT2D eigenvalue weighted by Gasteiger charge is 2.52. The fourth-order valence-corrected chi connectivity index (χ4v) is 2.78. The molecule has 27 heavy (non-hydrogen) atoms. The van der Waals surface area contributed by atoms with Crippen molar-refractivity contribution in [3.05, 3.63) is 58.9 Å². The first kappa shape index (κ1) is 19.8. The molecular weight excluding hydrogens is 356 g/mol. The fourth-order valence-electron chi connectivity index (χ4n) is 2.78. The molecule has 1 fully saturated rings. The van der Waals surface area contributed by atoms with Gasteiger partial charge in [-0.1, -0.05) is 12.1 Å². The zero-order valence-electron chi connectivity index (χ0n) is 16.0. The van der Waals surface area contributed by atoms with Gasteiger partial charge in [0.1, 0.15) is 18.2 Å². The number of aryl methyl sites for hydroxylation is 1. The number of ether oxygens (including phenoxy) is 1. The van der Waals surface area contributed by atoms with E-state index in [0.29, 0.717) is 11.1 Å². The van der Waals surface area contributed by atoms with E-state index in [9.17, 15) is 13.2 Å². The standard InChI is InChI=1S/C20H22BF3O3/c1-12-8-16(23)17(24)10-18(12)25-11-13-6-7-15(22)14(9-13)21-26-19(2,3)20(4,5)27-21/h6-10H,11H2,1-5H3. The van der Waals surface area contributed by atoms with Gasteiger partial charge in [-0.25, -0.2) is 13.2 Å². The molecule has 0 aliphatic carbocycles. The predicted molar refractivity (Wildman–Crippen MR) is 97.5 cm³/mol. The van der Waals surface area contributed by atoms with Gasteiger partial charge in [0.25, 0.3) is 0 Å². The minimum atomic E-state index is -0.979. The smallest absolute Gasteiger partial charge is 0.489 e. The molecule has 0 amide bonds. The maximum atomic E-state index is 14.4. The molecule has 0 atom stereocenters. The molecule has 0 N–H and O–H groups in total. The van der Waals surface area contributed by atoms with Gasteiger partial charge in [-0.05, 0) is 57.9 Å². The van der Waals surface area contributed by atoms with Gasteiger partial charge in [0, 0.05) is 11.5 Å². The fraction of sp³-hybridized carbons (Fsp3) is 0.400. The van der Waals surface area contributed by atoms with Crippen molar-refractivity contribution in [2.24, 2.45) is 0 Å². The number of hydrogen-bond donors (Lipinski definition) is 0. The van der Waals surface area contributed by atoms with Crippen LogP contribution in [0.4, 0.5) is 13.2 Å². The molecule has 144 valence electrons. The minimum absolute atomic E-state index is 0.0682. The van der Waals surface area contributed by atoms with Gasteiger partial charge in [0.2, 0.25) is 0 Å². The van der Waals surface area contributed by atoms with Crippen LogP contribution in [0.15, 0.2) is 30.3 Å². The minimum Gasteiger partial charge on any atom is -0.489 e. The van der Waals surface area contributed by atoms with Crippen LogP contribution in [0.25, 0.3) is 0 Å². The Bertz CT molecular complexity index is 852. The van der Waals surface area contributed by atoms with Crippen LogP contribution in [-0.2, 0) is 15.9 Å². The van der Waals surface area contributed by atoms with E-state index in [0.717, 1.165) is 12.1 Å². The Morgan fingerprint density at radius 1 is 0.889 bits per heavy atom. The maximum absolute atomic E-state index is 14.4. The third-order valence-corrected chi connectivity index (χ3v) is 5.18. The monoisotopic (exact) mass is 378 g/mol. The molecule has 0 radical (unpaired) electrons. The van der Waals surface area contributed by atoms with Crippen LogP contribution < -0.4 is 10.2 Å². The van der Waals surface area contributed by atoms with Crippen molar-refractivity contribution in [3.8, 4) is 5.75 Å². The van der Waals surface area contributed by atoms with Crippen LogP contribution in [0, 0.1) is 24.4 Å². The highest BCUT2D eigenvalue weighted by molar-refractivity contribution is 6.62. The van der Waals surface area contributed by atoms with Crippen LogP contribution in [0.3, 0.4) is 0 Å². The quantitative estimate of drug-likeness (QED) is 0.743. The van der Waals surface area contributed by atoms with E-state index in [-0.39, 0.29) is 17.8 Å². The molecule has 0 spiro atoms. The summed E-state index contributed by atoms with van der Waals surface area (Å²) in [5, 5.41) is 0. The lowest BCUT2D eigenvalue weighted by molar-refractivity contribution is 0.00578.